The number of rotatable bonds is 6. The molecule has 3 rings (SSSR count). The number of aliphatic hydroxyl groups is 2. The Balaban J connectivity index is 1.66. The second-order valence-corrected chi connectivity index (χ2v) is 9.08. The van der Waals surface area contributed by atoms with Gasteiger partial charge in [0.2, 0.25) is 11.8 Å². The first-order valence-corrected chi connectivity index (χ1v) is 11.5. The van der Waals surface area contributed by atoms with Gasteiger partial charge < -0.3 is 26.2 Å². The smallest absolute Gasteiger partial charge is 0.224 e. The van der Waals surface area contributed by atoms with Gasteiger partial charge in [-0.05, 0) is 30.9 Å². The lowest BCUT2D eigenvalue weighted by Gasteiger charge is -2.37. The van der Waals surface area contributed by atoms with Crippen molar-refractivity contribution in [3.8, 4) is 0 Å². The molecular formula is C19H26N4O4S2. The normalized spacial score (nSPS) is 28.3. The Kier molecular flexibility index (Phi) is 7.44. The average Bonchev–Trinajstić information content (AvgIpc) is 3.11. The summed E-state index contributed by atoms with van der Waals surface area (Å²) in [6.45, 7) is 2.07. The molecule has 5 N–H and O–H groups in total. The molecule has 0 bridgehead atoms. The Labute approximate surface area is 178 Å². The van der Waals surface area contributed by atoms with Gasteiger partial charge in [-0.2, -0.15) is 0 Å². The summed E-state index contributed by atoms with van der Waals surface area (Å²) in [6.07, 6.45) is 0.160. The van der Waals surface area contributed by atoms with Crippen LogP contribution in [0.5, 0.6) is 0 Å². The fraction of sp³-hybridized carbons (Fsp3) is 0.526. The number of nitrogens with zero attached hydrogens (tertiary/aromatic N) is 1. The Morgan fingerprint density at radius 1 is 1.28 bits per heavy atom. The molecule has 0 saturated heterocycles. The van der Waals surface area contributed by atoms with Crippen molar-refractivity contribution in [3.05, 3.63) is 24.3 Å². The number of carbonyl (C=O) groups excluding carboxylic acids is 2. The predicted octanol–water partition coefficient (Wildman–Crippen LogP) is 0.654. The number of benzene rings is 1. The maximum atomic E-state index is 12.7. The van der Waals surface area contributed by atoms with Crippen molar-refractivity contribution in [2.24, 2.45) is 10.9 Å². The minimum Gasteiger partial charge on any atom is -0.390 e. The molecule has 0 aromatic heterocycles. The molecule has 1 aliphatic heterocycles. The Morgan fingerprint density at radius 3 is 2.76 bits per heavy atom. The van der Waals surface area contributed by atoms with Gasteiger partial charge in [-0.3, -0.25) is 14.6 Å². The van der Waals surface area contributed by atoms with Crippen LogP contribution in [0.3, 0.4) is 0 Å². The maximum absolute atomic E-state index is 12.7. The SMILES string of the molecule is CSc1cccc(NC2=N[C@H]3[C@@H](O)[C@H](O)C[C@H](C(=O)NCCNC(C)=O)[C@H]3S2)c1. The highest BCUT2D eigenvalue weighted by Gasteiger charge is 2.50. The van der Waals surface area contributed by atoms with Crippen molar-refractivity contribution in [1.82, 2.24) is 10.6 Å². The van der Waals surface area contributed by atoms with Crippen LogP contribution >= 0.6 is 23.5 Å². The number of aliphatic hydroxyl groups excluding tert-OH is 2. The number of amidine groups is 1. The standard InChI is InChI=1S/C19H26N4O4S2/c1-10(24)20-6-7-21-18(27)13-9-14(25)16(26)15-17(13)29-19(23-15)22-11-4-3-5-12(8-11)28-2/h3-5,8,13-17,25-26H,6-7,9H2,1-2H3,(H,20,24)(H,21,27)(H,22,23)/t13-,14+,15-,16-,17+/m0/s1. The number of thioether (sulfide) groups is 2. The molecule has 0 spiro atoms. The molecule has 29 heavy (non-hydrogen) atoms. The summed E-state index contributed by atoms with van der Waals surface area (Å²) in [6, 6.07) is 7.35. The molecule has 2 amide bonds. The van der Waals surface area contributed by atoms with Crippen LogP contribution < -0.4 is 16.0 Å². The second-order valence-electron chi connectivity index (χ2n) is 7.04. The fourth-order valence-corrected chi connectivity index (χ4v) is 5.32. The third kappa shape index (κ3) is 5.44. The predicted molar refractivity (Wildman–Crippen MR) is 116 cm³/mol. The van der Waals surface area contributed by atoms with Gasteiger partial charge in [0, 0.05) is 35.8 Å². The first-order chi connectivity index (χ1) is 13.9. The summed E-state index contributed by atoms with van der Waals surface area (Å²) < 4.78 is 0. The molecule has 1 heterocycles. The van der Waals surface area contributed by atoms with E-state index in [1.807, 2.05) is 30.5 Å². The molecule has 1 aromatic rings. The van der Waals surface area contributed by atoms with Crippen molar-refractivity contribution in [2.45, 2.75) is 41.7 Å². The quantitative estimate of drug-likeness (QED) is 0.326. The van der Waals surface area contributed by atoms with Gasteiger partial charge in [0.05, 0.1) is 18.1 Å². The largest absolute Gasteiger partial charge is 0.390 e. The summed E-state index contributed by atoms with van der Waals surface area (Å²) in [7, 11) is 0. The minimum atomic E-state index is -1.01. The number of amides is 2. The first-order valence-electron chi connectivity index (χ1n) is 9.43. The lowest BCUT2D eigenvalue weighted by molar-refractivity contribution is -0.129. The first kappa shape index (κ1) is 21.9. The van der Waals surface area contributed by atoms with Gasteiger partial charge in [-0.25, -0.2) is 0 Å². The van der Waals surface area contributed by atoms with Crippen LogP contribution in [0.15, 0.2) is 34.2 Å². The summed E-state index contributed by atoms with van der Waals surface area (Å²) in [5, 5.41) is 29.7. The van der Waals surface area contributed by atoms with E-state index in [4.69, 9.17) is 0 Å². The van der Waals surface area contributed by atoms with Crippen LogP contribution in [0, 0.1) is 5.92 Å². The maximum Gasteiger partial charge on any atom is 0.224 e. The lowest BCUT2D eigenvalue weighted by Crippen LogP contribution is -2.54. The summed E-state index contributed by atoms with van der Waals surface area (Å²) in [4.78, 5) is 29.3. The van der Waals surface area contributed by atoms with Crippen LogP contribution in [-0.2, 0) is 9.59 Å². The number of aliphatic imine (C=N–C) groups is 1. The Bertz CT molecular complexity index is 791. The molecule has 0 radical (unpaired) electrons. The summed E-state index contributed by atoms with van der Waals surface area (Å²) >= 11 is 3.06. The van der Waals surface area contributed by atoms with E-state index in [1.54, 1.807) is 11.8 Å². The monoisotopic (exact) mass is 438 g/mol. The molecule has 158 valence electrons. The van der Waals surface area contributed by atoms with E-state index in [2.05, 4.69) is 20.9 Å². The van der Waals surface area contributed by atoms with Crippen molar-refractivity contribution >= 4 is 46.2 Å². The van der Waals surface area contributed by atoms with Gasteiger partial charge >= 0.3 is 0 Å². The number of fused-ring (bicyclic) bond motifs is 1. The van der Waals surface area contributed by atoms with Crippen molar-refractivity contribution in [1.29, 1.82) is 0 Å². The average molecular weight is 439 g/mol. The van der Waals surface area contributed by atoms with E-state index in [-0.39, 0.29) is 23.5 Å². The van der Waals surface area contributed by atoms with Crippen molar-refractivity contribution in [3.63, 3.8) is 0 Å². The zero-order valence-corrected chi connectivity index (χ0v) is 17.9. The van der Waals surface area contributed by atoms with E-state index in [9.17, 15) is 19.8 Å². The number of anilines is 1. The molecule has 2 aliphatic rings. The molecule has 1 aliphatic carbocycles. The Morgan fingerprint density at radius 2 is 2.03 bits per heavy atom. The number of hydrogen-bond donors (Lipinski definition) is 5. The number of hydrogen-bond acceptors (Lipinski definition) is 8. The number of nitrogens with one attached hydrogen (secondary N) is 3. The minimum absolute atomic E-state index is 0.156. The molecule has 0 unspecified atom stereocenters. The van der Waals surface area contributed by atoms with Crippen LogP contribution in [0.4, 0.5) is 5.69 Å². The number of carbonyl (C=O) groups is 2. The van der Waals surface area contributed by atoms with E-state index < -0.39 is 24.2 Å². The highest BCUT2D eigenvalue weighted by atomic mass is 32.2. The lowest BCUT2D eigenvalue weighted by atomic mass is 9.81. The van der Waals surface area contributed by atoms with E-state index in [1.165, 1.54) is 18.7 Å². The summed E-state index contributed by atoms with van der Waals surface area (Å²) in [5.41, 5.74) is 0.882. The highest BCUT2D eigenvalue weighted by molar-refractivity contribution is 8.15. The van der Waals surface area contributed by atoms with Gasteiger partial charge in [-0.15, -0.1) is 11.8 Å². The molecule has 5 atom stereocenters. The van der Waals surface area contributed by atoms with Crippen LogP contribution in [0.2, 0.25) is 0 Å². The van der Waals surface area contributed by atoms with Crippen LogP contribution in [0.1, 0.15) is 13.3 Å². The zero-order valence-electron chi connectivity index (χ0n) is 16.3. The highest BCUT2D eigenvalue weighted by Crippen LogP contribution is 2.41. The second kappa shape index (κ2) is 9.84. The van der Waals surface area contributed by atoms with E-state index >= 15 is 0 Å². The van der Waals surface area contributed by atoms with Gasteiger partial charge in [0.15, 0.2) is 5.17 Å². The third-order valence-electron chi connectivity index (χ3n) is 4.94. The molecule has 1 fully saturated rings. The topological polar surface area (TPSA) is 123 Å². The molecular weight excluding hydrogens is 412 g/mol. The van der Waals surface area contributed by atoms with Gasteiger partial charge in [0.25, 0.3) is 0 Å². The van der Waals surface area contributed by atoms with Crippen LogP contribution in [0.25, 0.3) is 0 Å². The Hall–Kier alpha value is -1.75. The zero-order chi connectivity index (χ0) is 21.0. The fourth-order valence-electron chi connectivity index (χ4n) is 3.49. The van der Waals surface area contributed by atoms with Crippen LogP contribution in [-0.4, -0.2) is 70.0 Å². The molecule has 10 heteroatoms. The molecule has 1 aromatic carbocycles. The summed E-state index contributed by atoms with van der Waals surface area (Å²) in [5.74, 6) is -0.845. The molecule has 1 saturated carbocycles. The van der Waals surface area contributed by atoms with Crippen molar-refractivity contribution < 1.29 is 19.8 Å². The third-order valence-corrected chi connectivity index (χ3v) is 6.98. The van der Waals surface area contributed by atoms with Gasteiger partial charge in [-0.1, -0.05) is 17.8 Å². The van der Waals surface area contributed by atoms with Gasteiger partial charge in [0.1, 0.15) is 6.10 Å². The van der Waals surface area contributed by atoms with Crippen molar-refractivity contribution in [2.75, 3.05) is 24.7 Å². The van der Waals surface area contributed by atoms with E-state index in [0.717, 1.165) is 10.6 Å². The van der Waals surface area contributed by atoms with E-state index in [0.29, 0.717) is 18.3 Å². The molecule has 8 nitrogen and oxygen atoms in total.